The van der Waals surface area contributed by atoms with Crippen LogP contribution in [0.4, 0.5) is 14.4 Å². The monoisotopic (exact) mass is 634 g/mol. The SMILES string of the molecule is CN(C)c1ccc(-c2cn3nc(F)cnc3n2)s1.CN(C)c1ccc(-c2cn3nc(I)cnc3n2)s1. The van der Waals surface area contributed by atoms with E-state index in [4.69, 9.17) is 0 Å². The molecule has 0 amide bonds. The third-order valence-corrected chi connectivity index (χ3v) is 7.93. The van der Waals surface area contributed by atoms with E-state index in [0.717, 1.165) is 36.0 Å². The average Bonchev–Trinajstić information content (AvgIpc) is 3.63. The molecule has 0 unspecified atom stereocenters. The molecule has 0 saturated carbocycles. The van der Waals surface area contributed by atoms with Gasteiger partial charge in [-0.05, 0) is 46.9 Å². The normalized spacial score (nSPS) is 11.1. The van der Waals surface area contributed by atoms with Crippen LogP contribution < -0.4 is 9.80 Å². The molecule has 0 atom stereocenters. The summed E-state index contributed by atoms with van der Waals surface area (Å²) in [7, 11) is 8.03. The van der Waals surface area contributed by atoms with Crippen molar-refractivity contribution in [3.05, 3.63) is 58.7 Å². The Balaban J connectivity index is 0.000000148. The molecule has 10 nitrogen and oxygen atoms in total. The Morgan fingerprint density at radius 1 is 0.750 bits per heavy atom. The summed E-state index contributed by atoms with van der Waals surface area (Å²) in [5.74, 6) is 0.406. The molecule has 0 bridgehead atoms. The summed E-state index contributed by atoms with van der Waals surface area (Å²) in [5, 5.41) is 10.4. The van der Waals surface area contributed by atoms with Gasteiger partial charge in [-0.1, -0.05) is 0 Å². The number of halogens is 2. The second kappa shape index (κ2) is 10.0. The minimum absolute atomic E-state index is 0.395. The zero-order valence-corrected chi connectivity index (χ0v) is 23.5. The lowest BCUT2D eigenvalue weighted by atomic mass is 10.4. The van der Waals surface area contributed by atoms with Crippen molar-refractivity contribution in [3.8, 4) is 21.1 Å². The van der Waals surface area contributed by atoms with Gasteiger partial charge < -0.3 is 9.80 Å². The molecule has 0 aromatic carbocycles. The molecular weight excluding hydrogens is 614 g/mol. The summed E-state index contributed by atoms with van der Waals surface area (Å²) in [6, 6.07) is 8.17. The highest BCUT2D eigenvalue weighted by molar-refractivity contribution is 14.1. The van der Waals surface area contributed by atoms with Gasteiger partial charge in [0.1, 0.15) is 15.1 Å². The van der Waals surface area contributed by atoms with E-state index in [-0.39, 0.29) is 0 Å². The number of nitrogens with zero attached hydrogens (tertiary/aromatic N) is 10. The van der Waals surface area contributed by atoms with Crippen molar-refractivity contribution in [2.75, 3.05) is 38.0 Å². The molecule has 14 heteroatoms. The van der Waals surface area contributed by atoms with E-state index in [9.17, 15) is 4.39 Å². The summed E-state index contributed by atoms with van der Waals surface area (Å²) in [6.45, 7) is 0. The standard InChI is InChI=1S/C11H10FN5S.C11H10IN5S/c2*1-16(2)10-4-3-8(18-10)7-6-17-11(14-7)13-5-9(12)15-17/h2*3-6H,1-2H3. The van der Waals surface area contributed by atoms with E-state index < -0.39 is 5.95 Å². The van der Waals surface area contributed by atoms with Crippen LogP contribution in [0, 0.1) is 9.65 Å². The van der Waals surface area contributed by atoms with Crippen LogP contribution in [0.15, 0.2) is 49.1 Å². The van der Waals surface area contributed by atoms with Crippen LogP contribution in [0.3, 0.4) is 0 Å². The maximum Gasteiger partial charge on any atom is 0.251 e. The Bertz CT molecular complexity index is 1530. The number of rotatable bonds is 4. The largest absolute Gasteiger partial charge is 0.370 e. The molecule has 0 spiro atoms. The molecule has 0 radical (unpaired) electrons. The van der Waals surface area contributed by atoms with Gasteiger partial charge in [-0.2, -0.15) is 9.49 Å². The van der Waals surface area contributed by atoms with Gasteiger partial charge in [0.15, 0.2) is 0 Å². The van der Waals surface area contributed by atoms with Crippen molar-refractivity contribution in [1.82, 2.24) is 39.2 Å². The Kier molecular flexibility index (Phi) is 6.81. The molecule has 0 N–H and O–H groups in total. The van der Waals surface area contributed by atoms with E-state index in [1.165, 1.54) is 9.52 Å². The fourth-order valence-electron chi connectivity index (χ4n) is 3.17. The van der Waals surface area contributed by atoms with Crippen molar-refractivity contribution < 1.29 is 4.39 Å². The topological polar surface area (TPSA) is 92.6 Å². The van der Waals surface area contributed by atoms with Gasteiger partial charge in [0.2, 0.25) is 5.95 Å². The molecule has 0 aliphatic heterocycles. The Morgan fingerprint density at radius 3 is 1.75 bits per heavy atom. The molecule has 0 aliphatic rings. The van der Waals surface area contributed by atoms with Gasteiger partial charge in [-0.15, -0.1) is 27.8 Å². The highest BCUT2D eigenvalue weighted by atomic mass is 127. The molecule has 6 aromatic heterocycles. The fourth-order valence-corrected chi connectivity index (χ4v) is 5.31. The predicted molar refractivity (Wildman–Crippen MR) is 150 cm³/mol. The quantitative estimate of drug-likeness (QED) is 0.261. The van der Waals surface area contributed by atoms with Crippen LogP contribution >= 0.6 is 45.3 Å². The van der Waals surface area contributed by atoms with Crippen LogP contribution in [-0.4, -0.2) is 67.4 Å². The zero-order chi connectivity index (χ0) is 25.4. The molecule has 6 aromatic rings. The number of imidazole rings is 2. The maximum atomic E-state index is 12.9. The van der Waals surface area contributed by atoms with Crippen LogP contribution in [0.1, 0.15) is 0 Å². The maximum absolute atomic E-state index is 12.9. The average molecular weight is 635 g/mol. The van der Waals surface area contributed by atoms with E-state index in [1.807, 2.05) is 51.4 Å². The van der Waals surface area contributed by atoms with E-state index >= 15 is 0 Å². The summed E-state index contributed by atoms with van der Waals surface area (Å²) in [4.78, 5) is 23.2. The minimum Gasteiger partial charge on any atom is -0.370 e. The van der Waals surface area contributed by atoms with Crippen LogP contribution in [0.2, 0.25) is 0 Å². The molecule has 0 saturated heterocycles. The zero-order valence-electron chi connectivity index (χ0n) is 19.7. The van der Waals surface area contributed by atoms with E-state index in [2.05, 4.69) is 69.8 Å². The van der Waals surface area contributed by atoms with Crippen LogP contribution in [-0.2, 0) is 0 Å². The van der Waals surface area contributed by atoms with Crippen LogP contribution in [0.5, 0.6) is 0 Å². The molecular formula is C22H20FIN10S2. The lowest BCUT2D eigenvalue weighted by Crippen LogP contribution is -2.05. The lowest BCUT2D eigenvalue weighted by molar-refractivity contribution is 0.546. The summed E-state index contributed by atoms with van der Waals surface area (Å²) in [6.07, 6.45) is 6.37. The second-order valence-electron chi connectivity index (χ2n) is 7.97. The van der Waals surface area contributed by atoms with Gasteiger partial charge in [-0.25, -0.2) is 29.0 Å². The summed E-state index contributed by atoms with van der Waals surface area (Å²) < 4.78 is 16.8. The predicted octanol–water partition coefficient (Wildman–Crippen LogP) is 4.58. The molecule has 36 heavy (non-hydrogen) atoms. The van der Waals surface area contributed by atoms with Crippen LogP contribution in [0.25, 0.3) is 32.7 Å². The summed E-state index contributed by atoms with van der Waals surface area (Å²) >= 11 is 5.46. The van der Waals surface area contributed by atoms with Gasteiger partial charge in [0.05, 0.1) is 44.5 Å². The third-order valence-electron chi connectivity index (χ3n) is 4.89. The minimum atomic E-state index is -0.619. The third kappa shape index (κ3) is 5.15. The number of hydrogen-bond donors (Lipinski definition) is 0. The van der Waals surface area contributed by atoms with Crippen molar-refractivity contribution in [2.24, 2.45) is 0 Å². The second-order valence-corrected chi connectivity index (χ2v) is 11.2. The molecule has 6 heterocycles. The lowest BCUT2D eigenvalue weighted by Gasteiger charge is -2.06. The number of fused-ring (bicyclic) bond motifs is 2. The Hall–Kier alpha value is -3.24. The van der Waals surface area contributed by atoms with Crippen molar-refractivity contribution in [2.45, 2.75) is 0 Å². The van der Waals surface area contributed by atoms with Gasteiger partial charge >= 0.3 is 0 Å². The smallest absolute Gasteiger partial charge is 0.251 e. The molecule has 0 aliphatic carbocycles. The Morgan fingerprint density at radius 2 is 1.25 bits per heavy atom. The molecule has 6 rings (SSSR count). The molecule has 184 valence electrons. The fraction of sp³-hybridized carbons (Fsp3) is 0.182. The first kappa shape index (κ1) is 24.5. The Labute approximate surface area is 227 Å². The van der Waals surface area contributed by atoms with Gasteiger partial charge in [0, 0.05) is 28.2 Å². The van der Waals surface area contributed by atoms with Crippen molar-refractivity contribution in [3.63, 3.8) is 0 Å². The highest BCUT2D eigenvalue weighted by Gasteiger charge is 2.11. The first-order chi connectivity index (χ1) is 17.3. The van der Waals surface area contributed by atoms with Gasteiger partial charge in [-0.3, -0.25) is 0 Å². The number of thiophene rings is 2. The number of anilines is 2. The van der Waals surface area contributed by atoms with Crippen molar-refractivity contribution >= 4 is 66.8 Å². The first-order valence-electron chi connectivity index (χ1n) is 10.6. The first-order valence-corrected chi connectivity index (χ1v) is 13.3. The van der Waals surface area contributed by atoms with E-state index in [0.29, 0.717) is 11.6 Å². The van der Waals surface area contributed by atoms with E-state index in [1.54, 1.807) is 39.6 Å². The number of hydrogen-bond acceptors (Lipinski definition) is 10. The highest BCUT2D eigenvalue weighted by Crippen LogP contribution is 2.33. The summed E-state index contributed by atoms with van der Waals surface area (Å²) in [5.41, 5.74) is 1.66. The number of aromatic nitrogens is 8. The van der Waals surface area contributed by atoms with Gasteiger partial charge in [0.25, 0.3) is 11.6 Å². The molecule has 0 fully saturated rings. The van der Waals surface area contributed by atoms with Crippen molar-refractivity contribution in [1.29, 1.82) is 0 Å².